The molecule has 0 unspecified atom stereocenters. The fourth-order valence-corrected chi connectivity index (χ4v) is 4.35. The lowest BCUT2D eigenvalue weighted by Gasteiger charge is -2.34. The zero-order valence-corrected chi connectivity index (χ0v) is 18.0. The zero-order chi connectivity index (χ0) is 21.2. The number of rotatable bonds is 4. The molecule has 2 fully saturated rings. The van der Waals surface area contributed by atoms with Crippen molar-refractivity contribution in [3.8, 4) is 0 Å². The molecule has 0 saturated carbocycles. The van der Waals surface area contributed by atoms with E-state index in [4.69, 9.17) is 0 Å². The van der Waals surface area contributed by atoms with Gasteiger partial charge in [0, 0.05) is 51.5 Å². The number of hydrogen-bond donors (Lipinski definition) is 1. The molecule has 0 aliphatic carbocycles. The normalized spacial score (nSPS) is 19.7. The van der Waals surface area contributed by atoms with E-state index < -0.39 is 0 Å². The topological polar surface area (TPSA) is 69.7 Å². The summed E-state index contributed by atoms with van der Waals surface area (Å²) in [6.07, 6.45) is 7.28. The second-order valence-electron chi connectivity index (χ2n) is 8.48. The molecule has 0 aromatic heterocycles. The molecular formula is C24H35N3O3. The summed E-state index contributed by atoms with van der Waals surface area (Å²) in [5, 5.41) is 2.94. The molecular weight excluding hydrogens is 378 g/mol. The summed E-state index contributed by atoms with van der Waals surface area (Å²) in [5.74, 6) is 0.347. The van der Waals surface area contributed by atoms with E-state index in [9.17, 15) is 14.4 Å². The van der Waals surface area contributed by atoms with E-state index in [2.05, 4.69) is 5.32 Å². The zero-order valence-electron chi connectivity index (χ0n) is 18.0. The third kappa shape index (κ3) is 6.85. The molecule has 1 aromatic rings. The summed E-state index contributed by atoms with van der Waals surface area (Å²) >= 11 is 0. The lowest BCUT2D eigenvalue weighted by atomic mass is 9.94. The first-order chi connectivity index (χ1) is 14.6. The number of aryl methyl sites for hydroxylation is 1. The first-order valence-electron chi connectivity index (χ1n) is 11.5. The van der Waals surface area contributed by atoms with Crippen molar-refractivity contribution < 1.29 is 14.4 Å². The summed E-state index contributed by atoms with van der Waals surface area (Å²) in [7, 11) is 0. The number of hydrogen-bond acceptors (Lipinski definition) is 3. The summed E-state index contributed by atoms with van der Waals surface area (Å²) in [6.45, 7) is 3.28. The minimum Gasteiger partial charge on any atom is -0.356 e. The SMILES string of the molecule is O=C1CCN(C(=O)C2CCN(C(=O)CCc3ccccc3)CC2)CCCCCCN1. The fraction of sp³-hybridized carbons (Fsp3) is 0.625. The molecule has 1 aromatic carbocycles. The van der Waals surface area contributed by atoms with E-state index in [0.717, 1.165) is 58.0 Å². The Balaban J connectivity index is 1.45. The minimum absolute atomic E-state index is 0.0311. The van der Waals surface area contributed by atoms with Gasteiger partial charge in [0.15, 0.2) is 0 Å². The van der Waals surface area contributed by atoms with Crippen LogP contribution in [0.25, 0.3) is 0 Å². The molecule has 0 radical (unpaired) electrons. The van der Waals surface area contributed by atoms with Gasteiger partial charge < -0.3 is 15.1 Å². The van der Waals surface area contributed by atoms with Gasteiger partial charge in [-0.05, 0) is 37.7 Å². The molecule has 3 rings (SSSR count). The lowest BCUT2D eigenvalue weighted by Crippen LogP contribution is -2.45. The maximum Gasteiger partial charge on any atom is 0.225 e. The van der Waals surface area contributed by atoms with Crippen LogP contribution in [0.15, 0.2) is 30.3 Å². The van der Waals surface area contributed by atoms with Gasteiger partial charge in [0.1, 0.15) is 0 Å². The molecule has 0 atom stereocenters. The first-order valence-corrected chi connectivity index (χ1v) is 11.5. The number of amides is 3. The van der Waals surface area contributed by atoms with Gasteiger partial charge in [-0.1, -0.05) is 43.2 Å². The number of carbonyl (C=O) groups excluding carboxylic acids is 3. The van der Waals surface area contributed by atoms with E-state index >= 15 is 0 Å². The van der Waals surface area contributed by atoms with E-state index in [1.165, 1.54) is 5.56 Å². The molecule has 6 heteroatoms. The van der Waals surface area contributed by atoms with Gasteiger partial charge in [0.05, 0.1) is 0 Å². The third-order valence-corrected chi connectivity index (χ3v) is 6.26. The average molecular weight is 414 g/mol. The van der Waals surface area contributed by atoms with Crippen molar-refractivity contribution in [2.24, 2.45) is 5.92 Å². The monoisotopic (exact) mass is 413 g/mol. The molecule has 164 valence electrons. The maximum atomic E-state index is 13.1. The van der Waals surface area contributed by atoms with Crippen molar-refractivity contribution in [2.45, 2.75) is 57.8 Å². The Morgan fingerprint density at radius 1 is 0.900 bits per heavy atom. The summed E-state index contributed by atoms with van der Waals surface area (Å²) in [5.41, 5.74) is 1.18. The van der Waals surface area contributed by atoms with Crippen molar-refractivity contribution in [1.82, 2.24) is 15.1 Å². The highest BCUT2D eigenvalue weighted by molar-refractivity contribution is 5.81. The molecule has 2 aliphatic rings. The predicted molar refractivity (Wildman–Crippen MR) is 117 cm³/mol. The molecule has 1 N–H and O–H groups in total. The van der Waals surface area contributed by atoms with Crippen LogP contribution in [0.5, 0.6) is 0 Å². The summed E-state index contributed by atoms with van der Waals surface area (Å²) in [6, 6.07) is 10.1. The molecule has 0 bridgehead atoms. The van der Waals surface area contributed by atoms with Crippen LogP contribution >= 0.6 is 0 Å². The van der Waals surface area contributed by atoms with E-state index in [-0.39, 0.29) is 23.6 Å². The predicted octanol–water partition coefficient (Wildman–Crippen LogP) is 2.77. The van der Waals surface area contributed by atoms with Crippen LogP contribution in [0, 0.1) is 5.92 Å². The second kappa shape index (κ2) is 11.7. The van der Waals surface area contributed by atoms with Crippen LogP contribution in [-0.2, 0) is 20.8 Å². The van der Waals surface area contributed by atoms with Crippen LogP contribution < -0.4 is 5.32 Å². The molecule has 30 heavy (non-hydrogen) atoms. The highest BCUT2D eigenvalue weighted by atomic mass is 16.2. The van der Waals surface area contributed by atoms with Crippen LogP contribution in [-0.4, -0.2) is 60.2 Å². The Morgan fingerprint density at radius 3 is 2.40 bits per heavy atom. The number of nitrogens with zero attached hydrogens (tertiary/aromatic N) is 2. The smallest absolute Gasteiger partial charge is 0.225 e. The van der Waals surface area contributed by atoms with Gasteiger partial charge in [-0.3, -0.25) is 14.4 Å². The highest BCUT2D eigenvalue weighted by Gasteiger charge is 2.30. The van der Waals surface area contributed by atoms with Gasteiger partial charge in [-0.15, -0.1) is 0 Å². The second-order valence-corrected chi connectivity index (χ2v) is 8.48. The lowest BCUT2D eigenvalue weighted by molar-refractivity contribution is -0.141. The van der Waals surface area contributed by atoms with Gasteiger partial charge in [-0.25, -0.2) is 0 Å². The summed E-state index contributed by atoms with van der Waals surface area (Å²) in [4.78, 5) is 41.4. The Bertz CT molecular complexity index is 699. The van der Waals surface area contributed by atoms with Crippen LogP contribution in [0.2, 0.25) is 0 Å². The Morgan fingerprint density at radius 2 is 1.63 bits per heavy atom. The minimum atomic E-state index is -0.0311. The van der Waals surface area contributed by atoms with Crippen molar-refractivity contribution in [2.75, 3.05) is 32.7 Å². The summed E-state index contributed by atoms with van der Waals surface area (Å²) < 4.78 is 0. The number of piperidine rings is 1. The fourth-order valence-electron chi connectivity index (χ4n) is 4.35. The number of benzene rings is 1. The van der Waals surface area contributed by atoms with Crippen molar-refractivity contribution >= 4 is 17.7 Å². The largest absolute Gasteiger partial charge is 0.356 e. The molecule has 3 amide bonds. The van der Waals surface area contributed by atoms with Crippen molar-refractivity contribution in [1.29, 1.82) is 0 Å². The molecule has 0 spiro atoms. The van der Waals surface area contributed by atoms with Crippen LogP contribution in [0.1, 0.15) is 56.9 Å². The Labute approximate surface area is 180 Å². The van der Waals surface area contributed by atoms with Gasteiger partial charge >= 0.3 is 0 Å². The van der Waals surface area contributed by atoms with Gasteiger partial charge in [0.25, 0.3) is 0 Å². The Kier molecular flexibility index (Phi) is 8.72. The first kappa shape index (κ1) is 22.3. The van der Waals surface area contributed by atoms with E-state index in [1.54, 1.807) is 0 Å². The number of likely N-dealkylation sites (tertiary alicyclic amines) is 1. The molecule has 2 aliphatic heterocycles. The van der Waals surface area contributed by atoms with Crippen LogP contribution in [0.4, 0.5) is 0 Å². The van der Waals surface area contributed by atoms with Gasteiger partial charge in [-0.2, -0.15) is 0 Å². The third-order valence-electron chi connectivity index (χ3n) is 6.26. The standard InChI is InChI=1S/C24H35N3O3/c28-22-14-19-27(16-7-2-1-6-15-25-22)24(30)21-12-17-26(18-13-21)23(29)11-10-20-8-4-3-5-9-20/h3-5,8-9,21H,1-2,6-7,10-19H2,(H,25,28). The van der Waals surface area contributed by atoms with Gasteiger partial charge in [0.2, 0.25) is 17.7 Å². The molecule has 2 saturated heterocycles. The van der Waals surface area contributed by atoms with Crippen LogP contribution in [0.3, 0.4) is 0 Å². The van der Waals surface area contributed by atoms with E-state index in [1.807, 2.05) is 40.1 Å². The van der Waals surface area contributed by atoms with E-state index in [0.29, 0.717) is 32.5 Å². The van der Waals surface area contributed by atoms with Crippen molar-refractivity contribution in [3.63, 3.8) is 0 Å². The molecule has 2 heterocycles. The number of carbonyl (C=O) groups is 3. The quantitative estimate of drug-likeness (QED) is 0.825. The van der Waals surface area contributed by atoms with Crippen molar-refractivity contribution in [3.05, 3.63) is 35.9 Å². The maximum absolute atomic E-state index is 13.1. The average Bonchev–Trinajstić information content (AvgIpc) is 2.83. The highest BCUT2D eigenvalue weighted by Crippen LogP contribution is 2.21. The molecule has 6 nitrogen and oxygen atoms in total. The Hall–Kier alpha value is -2.37. The number of nitrogens with one attached hydrogen (secondary N) is 1.